The second-order valence-electron chi connectivity index (χ2n) is 17.9. The van der Waals surface area contributed by atoms with Crippen molar-refractivity contribution in [2.45, 2.75) is 296 Å². The monoisotopic (exact) mass is 820 g/mol. The van der Waals surface area contributed by atoms with E-state index in [1.807, 2.05) is 0 Å². The van der Waals surface area contributed by atoms with Gasteiger partial charge < -0.3 is 20.3 Å². The van der Waals surface area contributed by atoms with Crippen molar-refractivity contribution in [3.63, 3.8) is 0 Å². The number of aliphatic hydroxyl groups is 2. The molecule has 3 N–H and O–H groups in total. The topological polar surface area (TPSA) is 95.9 Å². The van der Waals surface area contributed by atoms with Crippen LogP contribution in [0, 0.1) is 0 Å². The highest BCUT2D eigenvalue weighted by Crippen LogP contribution is 2.16. The molecule has 0 aromatic rings. The van der Waals surface area contributed by atoms with Crippen molar-refractivity contribution in [2.24, 2.45) is 0 Å². The Labute approximate surface area is 361 Å². The number of carbonyl (C=O) groups excluding carboxylic acids is 2. The zero-order valence-corrected chi connectivity index (χ0v) is 39.0. The molecule has 2 unspecified atom stereocenters. The molecule has 0 aliphatic carbocycles. The first-order valence-electron chi connectivity index (χ1n) is 25.9. The molecular formula is C52H101NO5. The number of unbranched alkanes of at least 4 members (excludes halogenated alkanes) is 35. The highest BCUT2D eigenvalue weighted by atomic mass is 16.5. The lowest BCUT2D eigenvalue weighted by Crippen LogP contribution is -2.45. The summed E-state index contributed by atoms with van der Waals surface area (Å²) in [4.78, 5) is 24.4. The molecule has 1 amide bonds. The van der Waals surface area contributed by atoms with E-state index < -0.39 is 12.1 Å². The lowest BCUT2D eigenvalue weighted by molar-refractivity contribution is -0.143. The lowest BCUT2D eigenvalue weighted by Gasteiger charge is -2.22. The van der Waals surface area contributed by atoms with Crippen LogP contribution in [0.15, 0.2) is 12.2 Å². The van der Waals surface area contributed by atoms with Gasteiger partial charge in [0, 0.05) is 12.8 Å². The molecule has 0 aromatic carbocycles. The zero-order valence-electron chi connectivity index (χ0n) is 39.0. The van der Waals surface area contributed by atoms with Gasteiger partial charge in [0.15, 0.2) is 0 Å². The van der Waals surface area contributed by atoms with E-state index in [1.165, 1.54) is 173 Å². The SMILES string of the molecule is CCCCCCCCCCCCCCCCCCCCCC(=O)OCCCCC/C=C\CCCCCCCC(=O)NC(CO)C(O)CCCCCCCCCCCC. The van der Waals surface area contributed by atoms with Crippen molar-refractivity contribution >= 4 is 11.9 Å². The summed E-state index contributed by atoms with van der Waals surface area (Å²) >= 11 is 0. The van der Waals surface area contributed by atoms with Crippen molar-refractivity contribution < 1.29 is 24.5 Å². The molecule has 0 aromatic heterocycles. The van der Waals surface area contributed by atoms with Crippen LogP contribution in [0.4, 0.5) is 0 Å². The highest BCUT2D eigenvalue weighted by molar-refractivity contribution is 5.76. The fourth-order valence-corrected chi connectivity index (χ4v) is 8.05. The van der Waals surface area contributed by atoms with Crippen LogP contribution in [-0.4, -0.2) is 47.4 Å². The number of allylic oxidation sites excluding steroid dienone is 2. The van der Waals surface area contributed by atoms with Gasteiger partial charge >= 0.3 is 5.97 Å². The molecule has 0 aliphatic rings. The van der Waals surface area contributed by atoms with Crippen LogP contribution in [0.25, 0.3) is 0 Å². The number of amides is 1. The minimum atomic E-state index is -0.677. The van der Waals surface area contributed by atoms with Crippen molar-refractivity contribution in [3.05, 3.63) is 12.2 Å². The molecular weight excluding hydrogens is 719 g/mol. The van der Waals surface area contributed by atoms with Crippen LogP contribution < -0.4 is 5.32 Å². The molecule has 0 saturated carbocycles. The third-order valence-electron chi connectivity index (χ3n) is 12.1. The van der Waals surface area contributed by atoms with Gasteiger partial charge in [-0.25, -0.2) is 0 Å². The zero-order chi connectivity index (χ0) is 42.3. The molecule has 6 nitrogen and oxygen atoms in total. The third kappa shape index (κ3) is 44.2. The molecule has 6 heteroatoms. The average Bonchev–Trinajstić information content (AvgIpc) is 3.22. The summed E-state index contributed by atoms with van der Waals surface area (Å²) in [7, 11) is 0. The van der Waals surface area contributed by atoms with Gasteiger partial charge in [-0.3, -0.25) is 9.59 Å². The Morgan fingerprint density at radius 3 is 1.22 bits per heavy atom. The largest absolute Gasteiger partial charge is 0.466 e. The second-order valence-corrected chi connectivity index (χ2v) is 17.9. The number of ether oxygens (including phenoxy) is 1. The van der Waals surface area contributed by atoms with E-state index >= 15 is 0 Å². The number of nitrogens with one attached hydrogen (secondary N) is 1. The Morgan fingerprint density at radius 2 is 0.810 bits per heavy atom. The summed E-state index contributed by atoms with van der Waals surface area (Å²) in [5, 5.41) is 23.1. The third-order valence-corrected chi connectivity index (χ3v) is 12.1. The fourth-order valence-electron chi connectivity index (χ4n) is 8.05. The second kappa shape index (κ2) is 48.3. The molecule has 58 heavy (non-hydrogen) atoms. The van der Waals surface area contributed by atoms with Crippen molar-refractivity contribution in [3.8, 4) is 0 Å². The van der Waals surface area contributed by atoms with Crippen LogP contribution in [0.3, 0.4) is 0 Å². The maximum absolute atomic E-state index is 12.4. The molecule has 0 saturated heterocycles. The number of esters is 1. The van der Waals surface area contributed by atoms with Gasteiger partial charge in [0.05, 0.1) is 25.4 Å². The van der Waals surface area contributed by atoms with Crippen LogP contribution in [0.2, 0.25) is 0 Å². The first-order chi connectivity index (χ1) is 28.5. The van der Waals surface area contributed by atoms with Gasteiger partial charge in [-0.2, -0.15) is 0 Å². The molecule has 2 atom stereocenters. The van der Waals surface area contributed by atoms with E-state index in [0.29, 0.717) is 25.9 Å². The Morgan fingerprint density at radius 1 is 0.466 bits per heavy atom. The summed E-state index contributed by atoms with van der Waals surface area (Å²) in [5.74, 6) is -0.0800. The van der Waals surface area contributed by atoms with Gasteiger partial charge in [-0.15, -0.1) is 0 Å². The van der Waals surface area contributed by atoms with Gasteiger partial charge in [0.25, 0.3) is 0 Å². The minimum absolute atomic E-state index is 0.0182. The van der Waals surface area contributed by atoms with Gasteiger partial charge in [0.1, 0.15) is 0 Å². The summed E-state index contributed by atoms with van der Waals surface area (Å²) in [5.41, 5.74) is 0. The van der Waals surface area contributed by atoms with E-state index in [1.54, 1.807) is 0 Å². The number of rotatable bonds is 48. The van der Waals surface area contributed by atoms with Crippen LogP contribution in [-0.2, 0) is 14.3 Å². The van der Waals surface area contributed by atoms with Crippen LogP contribution >= 0.6 is 0 Å². The fraction of sp³-hybridized carbons (Fsp3) is 0.923. The maximum atomic E-state index is 12.4. The van der Waals surface area contributed by atoms with E-state index in [2.05, 4.69) is 31.3 Å². The average molecular weight is 820 g/mol. The molecule has 344 valence electrons. The summed E-state index contributed by atoms with van der Waals surface area (Å²) in [6.07, 6.45) is 54.8. The van der Waals surface area contributed by atoms with E-state index in [4.69, 9.17) is 4.74 Å². The Kier molecular flexibility index (Phi) is 47.1. The Balaban J connectivity index is 3.44. The van der Waals surface area contributed by atoms with Crippen molar-refractivity contribution in [1.82, 2.24) is 5.32 Å². The molecule has 0 bridgehead atoms. The van der Waals surface area contributed by atoms with Gasteiger partial charge in [0.2, 0.25) is 5.91 Å². The molecule has 0 aliphatic heterocycles. The number of hydrogen-bond acceptors (Lipinski definition) is 5. The normalized spacial score (nSPS) is 12.7. The predicted octanol–water partition coefficient (Wildman–Crippen LogP) is 15.3. The first kappa shape index (κ1) is 56.6. The Bertz CT molecular complexity index is 863. The highest BCUT2D eigenvalue weighted by Gasteiger charge is 2.20. The summed E-state index contributed by atoms with van der Waals surface area (Å²) < 4.78 is 5.46. The minimum Gasteiger partial charge on any atom is -0.466 e. The lowest BCUT2D eigenvalue weighted by atomic mass is 10.0. The smallest absolute Gasteiger partial charge is 0.305 e. The molecule has 0 radical (unpaired) electrons. The molecule has 0 fully saturated rings. The number of aliphatic hydroxyl groups excluding tert-OH is 2. The van der Waals surface area contributed by atoms with Gasteiger partial charge in [-0.05, 0) is 57.8 Å². The quantitative estimate of drug-likeness (QED) is 0.0323. The van der Waals surface area contributed by atoms with Crippen LogP contribution in [0.5, 0.6) is 0 Å². The maximum Gasteiger partial charge on any atom is 0.305 e. The predicted molar refractivity (Wildman–Crippen MR) is 250 cm³/mol. The van der Waals surface area contributed by atoms with Crippen molar-refractivity contribution in [1.29, 1.82) is 0 Å². The van der Waals surface area contributed by atoms with E-state index in [9.17, 15) is 19.8 Å². The molecule has 0 rings (SSSR count). The Hall–Kier alpha value is -1.40. The molecule has 0 heterocycles. The van der Waals surface area contributed by atoms with Crippen LogP contribution in [0.1, 0.15) is 284 Å². The first-order valence-corrected chi connectivity index (χ1v) is 25.9. The standard InChI is InChI=1S/C52H101NO5/c1-3-5-7-9-11-13-15-16-17-18-19-20-21-22-26-30-34-38-42-46-52(57)58-47-43-39-35-31-27-24-23-25-29-33-37-41-45-51(56)53-49(48-54)50(55)44-40-36-32-28-14-12-10-8-6-4-2/h24,27,49-50,54-55H,3-23,25-26,28-48H2,1-2H3,(H,53,56)/b27-24-. The summed E-state index contributed by atoms with van der Waals surface area (Å²) in [6, 6.07) is -0.557. The van der Waals surface area contributed by atoms with Crippen molar-refractivity contribution in [2.75, 3.05) is 13.2 Å². The van der Waals surface area contributed by atoms with E-state index in [-0.39, 0.29) is 18.5 Å². The summed E-state index contributed by atoms with van der Waals surface area (Å²) in [6.45, 7) is 4.89. The number of carbonyl (C=O) groups is 2. The molecule has 0 spiro atoms. The van der Waals surface area contributed by atoms with E-state index in [0.717, 1.165) is 77.0 Å². The van der Waals surface area contributed by atoms with Gasteiger partial charge in [-0.1, -0.05) is 225 Å². The number of hydrogen-bond donors (Lipinski definition) is 3.